The van der Waals surface area contributed by atoms with Crippen LogP contribution in [0.15, 0.2) is 0 Å². The predicted octanol–water partition coefficient (Wildman–Crippen LogP) is -1.15. The number of likely N-dealkylation sites (tertiary alicyclic amines) is 1. The van der Waals surface area contributed by atoms with Gasteiger partial charge >= 0.3 is 6.03 Å². The summed E-state index contributed by atoms with van der Waals surface area (Å²) in [7, 11) is 0. The van der Waals surface area contributed by atoms with Gasteiger partial charge in [-0.3, -0.25) is 4.79 Å². The topological polar surface area (TPSA) is 61.4 Å². The molecule has 1 atom stereocenters. The summed E-state index contributed by atoms with van der Waals surface area (Å²) in [5.41, 5.74) is 0. The minimum atomic E-state index is -0.894. The summed E-state index contributed by atoms with van der Waals surface area (Å²) in [5, 5.41) is 4.93. The molecule has 0 radical (unpaired) electrons. The fourth-order valence-electron chi connectivity index (χ4n) is 1.43. The van der Waals surface area contributed by atoms with Crippen LogP contribution >= 0.6 is 0 Å². The molecule has 13 heavy (non-hydrogen) atoms. The summed E-state index contributed by atoms with van der Waals surface area (Å²) < 4.78 is 12.4. The Morgan fingerprint density at radius 3 is 2.69 bits per heavy atom. The highest BCUT2D eigenvalue weighted by molar-refractivity contribution is 5.90. The number of rotatable bonds is 1. The number of nitrogens with zero attached hydrogens (tertiary/aromatic N) is 1. The molecule has 2 aliphatic rings. The number of carbonyl (C=O) groups is 2. The molecule has 2 saturated heterocycles. The molecule has 5 nitrogen and oxygen atoms in total. The fraction of sp³-hybridized carbons (Fsp3) is 0.714. The number of hydrogen-bond acceptors (Lipinski definition) is 2. The van der Waals surface area contributed by atoms with Crippen molar-refractivity contribution in [1.29, 1.82) is 0 Å². The number of urea groups is 1. The zero-order valence-electron chi connectivity index (χ0n) is 6.92. The molecule has 0 spiro atoms. The molecule has 2 heterocycles. The van der Waals surface area contributed by atoms with Gasteiger partial charge in [0.1, 0.15) is 12.2 Å². The van der Waals surface area contributed by atoms with Gasteiger partial charge in [-0.05, 0) is 0 Å². The molecule has 0 aromatic heterocycles. The highest BCUT2D eigenvalue weighted by Crippen LogP contribution is 2.13. The third kappa shape index (κ3) is 1.43. The van der Waals surface area contributed by atoms with Gasteiger partial charge in [0.25, 0.3) is 0 Å². The molecule has 72 valence electrons. The van der Waals surface area contributed by atoms with Crippen LogP contribution in [0.25, 0.3) is 0 Å². The SMILES string of the molecule is O=C1NCC(C(=O)N2CC(F)C2)N1. The van der Waals surface area contributed by atoms with E-state index in [0.717, 1.165) is 0 Å². The number of amides is 3. The third-order valence-electron chi connectivity index (χ3n) is 2.22. The molecule has 0 saturated carbocycles. The molecule has 3 amide bonds. The summed E-state index contributed by atoms with van der Waals surface area (Å²) in [6, 6.07) is -0.851. The Bertz CT molecular complexity index is 252. The number of carbonyl (C=O) groups excluding carboxylic acids is 2. The molecule has 0 aromatic carbocycles. The van der Waals surface area contributed by atoms with Crippen molar-refractivity contribution in [3.05, 3.63) is 0 Å². The molecule has 2 N–H and O–H groups in total. The summed E-state index contributed by atoms with van der Waals surface area (Å²) in [6.45, 7) is 0.613. The Morgan fingerprint density at radius 1 is 1.54 bits per heavy atom. The van der Waals surface area contributed by atoms with Crippen molar-refractivity contribution in [2.45, 2.75) is 12.2 Å². The van der Waals surface area contributed by atoms with E-state index in [1.54, 1.807) is 0 Å². The lowest BCUT2D eigenvalue weighted by molar-refractivity contribution is -0.139. The van der Waals surface area contributed by atoms with E-state index < -0.39 is 12.2 Å². The summed E-state index contributed by atoms with van der Waals surface area (Å²) in [6.07, 6.45) is -0.894. The van der Waals surface area contributed by atoms with Crippen LogP contribution in [0.2, 0.25) is 0 Å². The van der Waals surface area contributed by atoms with Crippen molar-refractivity contribution in [3.8, 4) is 0 Å². The zero-order valence-corrected chi connectivity index (χ0v) is 6.92. The molecule has 0 aromatic rings. The predicted molar refractivity (Wildman–Crippen MR) is 41.8 cm³/mol. The van der Waals surface area contributed by atoms with Gasteiger partial charge < -0.3 is 15.5 Å². The van der Waals surface area contributed by atoms with Crippen molar-refractivity contribution in [1.82, 2.24) is 15.5 Å². The van der Waals surface area contributed by atoms with Gasteiger partial charge in [-0.15, -0.1) is 0 Å². The average Bonchev–Trinajstić information content (AvgIpc) is 2.45. The second-order valence-electron chi connectivity index (χ2n) is 3.25. The Hall–Kier alpha value is -1.33. The van der Waals surface area contributed by atoms with Crippen LogP contribution in [0.5, 0.6) is 0 Å². The van der Waals surface area contributed by atoms with Crippen molar-refractivity contribution < 1.29 is 14.0 Å². The first-order chi connectivity index (χ1) is 6.16. The number of hydrogen-bond donors (Lipinski definition) is 2. The fourth-order valence-corrected chi connectivity index (χ4v) is 1.43. The summed E-state index contributed by atoms with van der Waals surface area (Å²) in [4.78, 5) is 23.5. The van der Waals surface area contributed by atoms with Gasteiger partial charge in [-0.25, -0.2) is 9.18 Å². The Balaban J connectivity index is 1.87. The lowest BCUT2D eigenvalue weighted by atomic mass is 10.1. The van der Waals surface area contributed by atoms with Gasteiger partial charge in [-0.1, -0.05) is 0 Å². The molecule has 0 aliphatic carbocycles. The van der Waals surface area contributed by atoms with E-state index >= 15 is 0 Å². The second kappa shape index (κ2) is 2.86. The molecule has 2 fully saturated rings. The van der Waals surface area contributed by atoms with E-state index in [9.17, 15) is 14.0 Å². The highest BCUT2D eigenvalue weighted by Gasteiger charge is 2.37. The monoisotopic (exact) mass is 187 g/mol. The smallest absolute Gasteiger partial charge is 0.315 e. The summed E-state index contributed by atoms with van der Waals surface area (Å²) in [5.74, 6) is -0.202. The second-order valence-corrected chi connectivity index (χ2v) is 3.25. The van der Waals surface area contributed by atoms with Crippen LogP contribution in [0, 0.1) is 0 Å². The lowest BCUT2D eigenvalue weighted by Crippen LogP contribution is -2.57. The maximum absolute atomic E-state index is 12.4. The molecular formula is C7H10FN3O2. The first kappa shape index (κ1) is 8.28. The molecule has 2 rings (SSSR count). The van der Waals surface area contributed by atoms with Gasteiger partial charge in [0, 0.05) is 6.54 Å². The Labute approximate surface area is 74.3 Å². The first-order valence-electron chi connectivity index (χ1n) is 4.14. The van der Waals surface area contributed by atoms with Crippen LogP contribution < -0.4 is 10.6 Å². The molecule has 0 bridgehead atoms. The first-order valence-corrected chi connectivity index (χ1v) is 4.14. The summed E-state index contributed by atoms with van der Waals surface area (Å²) >= 11 is 0. The van der Waals surface area contributed by atoms with Crippen LogP contribution in [0.1, 0.15) is 0 Å². The van der Waals surface area contributed by atoms with Crippen molar-refractivity contribution in [2.75, 3.05) is 19.6 Å². The normalized spacial score (nSPS) is 27.9. The minimum Gasteiger partial charge on any atom is -0.336 e. The van der Waals surface area contributed by atoms with E-state index in [4.69, 9.17) is 0 Å². The number of halogens is 1. The van der Waals surface area contributed by atoms with E-state index in [-0.39, 0.29) is 25.0 Å². The standard InChI is InChI=1S/C7H10FN3O2/c8-4-2-11(3-4)6(12)5-1-9-7(13)10-5/h4-5H,1-3H2,(H2,9,10,13). The Kier molecular flexibility index (Phi) is 1.82. The quantitative estimate of drug-likeness (QED) is 0.544. The van der Waals surface area contributed by atoms with E-state index in [2.05, 4.69) is 10.6 Å². The van der Waals surface area contributed by atoms with Crippen LogP contribution in [0.4, 0.5) is 9.18 Å². The largest absolute Gasteiger partial charge is 0.336 e. The van der Waals surface area contributed by atoms with E-state index in [0.29, 0.717) is 6.54 Å². The maximum Gasteiger partial charge on any atom is 0.315 e. The molecule has 1 unspecified atom stereocenters. The lowest BCUT2D eigenvalue weighted by Gasteiger charge is -2.35. The highest BCUT2D eigenvalue weighted by atomic mass is 19.1. The van der Waals surface area contributed by atoms with Gasteiger partial charge in [-0.2, -0.15) is 0 Å². The number of alkyl halides is 1. The zero-order chi connectivity index (χ0) is 9.42. The van der Waals surface area contributed by atoms with E-state index in [1.807, 2.05) is 0 Å². The van der Waals surface area contributed by atoms with Gasteiger partial charge in [0.05, 0.1) is 13.1 Å². The maximum atomic E-state index is 12.4. The molecular weight excluding hydrogens is 177 g/mol. The van der Waals surface area contributed by atoms with Crippen LogP contribution in [-0.2, 0) is 4.79 Å². The molecule has 2 aliphatic heterocycles. The molecule has 6 heteroatoms. The minimum absolute atomic E-state index is 0.158. The third-order valence-corrected chi connectivity index (χ3v) is 2.22. The van der Waals surface area contributed by atoms with Crippen molar-refractivity contribution >= 4 is 11.9 Å². The van der Waals surface area contributed by atoms with Crippen LogP contribution in [-0.4, -0.2) is 48.7 Å². The van der Waals surface area contributed by atoms with Crippen molar-refractivity contribution in [3.63, 3.8) is 0 Å². The van der Waals surface area contributed by atoms with Gasteiger partial charge in [0.15, 0.2) is 0 Å². The van der Waals surface area contributed by atoms with E-state index in [1.165, 1.54) is 4.90 Å². The van der Waals surface area contributed by atoms with Gasteiger partial charge in [0.2, 0.25) is 5.91 Å². The van der Waals surface area contributed by atoms with Crippen molar-refractivity contribution in [2.24, 2.45) is 0 Å². The number of nitrogens with one attached hydrogen (secondary N) is 2. The Morgan fingerprint density at radius 2 is 2.23 bits per heavy atom. The average molecular weight is 187 g/mol. The van der Waals surface area contributed by atoms with Crippen LogP contribution in [0.3, 0.4) is 0 Å².